The summed E-state index contributed by atoms with van der Waals surface area (Å²) in [6.45, 7) is 4.43. The molecule has 0 saturated carbocycles. The van der Waals surface area contributed by atoms with Crippen molar-refractivity contribution in [3.63, 3.8) is 0 Å². The van der Waals surface area contributed by atoms with E-state index in [4.69, 9.17) is 0 Å². The van der Waals surface area contributed by atoms with Crippen LogP contribution in [0.25, 0.3) is 0 Å². The van der Waals surface area contributed by atoms with E-state index < -0.39 is 0 Å². The van der Waals surface area contributed by atoms with E-state index in [1.54, 1.807) is 0 Å². The van der Waals surface area contributed by atoms with Gasteiger partial charge in [0.25, 0.3) is 0 Å². The van der Waals surface area contributed by atoms with Crippen LogP contribution in [0.3, 0.4) is 0 Å². The van der Waals surface area contributed by atoms with E-state index >= 15 is 0 Å². The first-order valence-electron chi connectivity index (χ1n) is 7.06. The molecule has 0 aliphatic heterocycles. The van der Waals surface area contributed by atoms with E-state index in [1.165, 1.54) is 16.7 Å². The average Bonchev–Trinajstić information content (AvgIpc) is 2.49. The average molecular weight is 250 g/mol. The molecule has 98 valence electrons. The molecule has 0 saturated heterocycles. The van der Waals surface area contributed by atoms with Crippen molar-refractivity contribution in [1.82, 2.24) is 0 Å². The summed E-state index contributed by atoms with van der Waals surface area (Å²) in [5.41, 5.74) is 4.26. The highest BCUT2D eigenvalue weighted by Crippen LogP contribution is 2.28. The number of rotatable bonds is 5. The van der Waals surface area contributed by atoms with Crippen LogP contribution in [0, 0.1) is 0 Å². The smallest absolute Gasteiger partial charge is 0.0124 e. The fraction of sp³-hybridized carbons (Fsp3) is 0.263. The quantitative estimate of drug-likeness (QED) is 0.609. The van der Waals surface area contributed by atoms with E-state index in [2.05, 4.69) is 80.6 Å². The van der Waals surface area contributed by atoms with E-state index in [0.29, 0.717) is 5.92 Å². The third-order valence-corrected chi connectivity index (χ3v) is 3.66. The van der Waals surface area contributed by atoms with Crippen LogP contribution in [0.15, 0.2) is 72.3 Å². The van der Waals surface area contributed by atoms with Crippen molar-refractivity contribution in [3.05, 3.63) is 83.4 Å². The minimum Gasteiger partial charge on any atom is -0.0847 e. The molecule has 0 fully saturated rings. The second kappa shape index (κ2) is 6.94. The van der Waals surface area contributed by atoms with Crippen LogP contribution >= 0.6 is 0 Å². The summed E-state index contributed by atoms with van der Waals surface area (Å²) in [6.07, 6.45) is 4.59. The molecule has 0 aliphatic carbocycles. The maximum atomic E-state index is 2.38. The molecule has 0 N–H and O–H groups in total. The van der Waals surface area contributed by atoms with Crippen LogP contribution in [0.5, 0.6) is 0 Å². The predicted molar refractivity (Wildman–Crippen MR) is 83.4 cm³/mol. The van der Waals surface area contributed by atoms with Gasteiger partial charge in [-0.1, -0.05) is 79.2 Å². The van der Waals surface area contributed by atoms with Gasteiger partial charge in [0, 0.05) is 5.92 Å². The Morgan fingerprint density at radius 3 is 1.79 bits per heavy atom. The third-order valence-electron chi connectivity index (χ3n) is 3.66. The molecule has 0 bridgehead atoms. The monoisotopic (exact) mass is 250 g/mol. The molecule has 0 atom stereocenters. The van der Waals surface area contributed by atoms with Crippen LogP contribution in [0.2, 0.25) is 0 Å². The maximum absolute atomic E-state index is 2.38. The van der Waals surface area contributed by atoms with Crippen molar-refractivity contribution in [2.24, 2.45) is 0 Å². The molecule has 2 rings (SSSR count). The Morgan fingerprint density at radius 2 is 1.37 bits per heavy atom. The van der Waals surface area contributed by atoms with E-state index in [9.17, 15) is 0 Å². The fourth-order valence-corrected chi connectivity index (χ4v) is 2.30. The van der Waals surface area contributed by atoms with Gasteiger partial charge in [0.15, 0.2) is 0 Å². The van der Waals surface area contributed by atoms with E-state index in [1.807, 2.05) is 0 Å². The Kier molecular flexibility index (Phi) is 4.97. The standard InChI is InChI=1S/C19H22/c1-3-16(2)14-15-19(17-10-6-4-7-11-17)18-12-8-5-9-13-18/h4-14,19H,3,15H2,1-2H3/b16-14-. The molecule has 0 aliphatic rings. The van der Waals surface area contributed by atoms with Crippen molar-refractivity contribution in [2.75, 3.05) is 0 Å². The number of hydrogen-bond acceptors (Lipinski definition) is 0. The number of hydrogen-bond donors (Lipinski definition) is 0. The lowest BCUT2D eigenvalue weighted by Gasteiger charge is -2.16. The zero-order valence-electron chi connectivity index (χ0n) is 11.8. The Labute approximate surface area is 116 Å². The first-order valence-corrected chi connectivity index (χ1v) is 7.06. The second-order valence-electron chi connectivity index (χ2n) is 5.01. The normalized spacial score (nSPS) is 11.8. The first-order chi connectivity index (χ1) is 9.31. The molecule has 19 heavy (non-hydrogen) atoms. The van der Waals surface area contributed by atoms with E-state index in [0.717, 1.165) is 12.8 Å². The van der Waals surface area contributed by atoms with Gasteiger partial charge in [-0.3, -0.25) is 0 Å². The summed E-state index contributed by atoms with van der Waals surface area (Å²) in [6, 6.07) is 21.6. The van der Waals surface area contributed by atoms with E-state index in [-0.39, 0.29) is 0 Å². The fourth-order valence-electron chi connectivity index (χ4n) is 2.30. The number of benzene rings is 2. The first kappa shape index (κ1) is 13.6. The summed E-state index contributed by atoms with van der Waals surface area (Å²) >= 11 is 0. The molecule has 0 radical (unpaired) electrons. The zero-order valence-corrected chi connectivity index (χ0v) is 11.8. The van der Waals surface area contributed by atoms with Gasteiger partial charge < -0.3 is 0 Å². The highest BCUT2D eigenvalue weighted by molar-refractivity contribution is 5.33. The highest BCUT2D eigenvalue weighted by Gasteiger charge is 2.12. The molecular weight excluding hydrogens is 228 g/mol. The lowest BCUT2D eigenvalue weighted by atomic mass is 9.88. The lowest BCUT2D eigenvalue weighted by molar-refractivity contribution is 0.820. The largest absolute Gasteiger partial charge is 0.0847 e. The Morgan fingerprint density at radius 1 is 0.895 bits per heavy atom. The Bertz CT molecular complexity index is 469. The summed E-state index contributed by atoms with van der Waals surface area (Å²) in [5.74, 6) is 0.462. The van der Waals surface area contributed by atoms with Crippen molar-refractivity contribution in [3.8, 4) is 0 Å². The summed E-state index contributed by atoms with van der Waals surface area (Å²) in [7, 11) is 0. The van der Waals surface area contributed by atoms with Crippen molar-refractivity contribution >= 4 is 0 Å². The van der Waals surface area contributed by atoms with Gasteiger partial charge in [0.2, 0.25) is 0 Å². The molecule has 0 heteroatoms. The lowest BCUT2D eigenvalue weighted by Crippen LogP contribution is -2.00. The Hall–Kier alpha value is -1.82. The molecule has 0 heterocycles. The molecule has 0 aromatic heterocycles. The third kappa shape index (κ3) is 3.82. The second-order valence-corrected chi connectivity index (χ2v) is 5.01. The van der Waals surface area contributed by atoms with Gasteiger partial charge in [-0.05, 0) is 30.9 Å². The van der Waals surface area contributed by atoms with Crippen molar-refractivity contribution in [2.45, 2.75) is 32.6 Å². The van der Waals surface area contributed by atoms with Gasteiger partial charge in [-0.25, -0.2) is 0 Å². The summed E-state index contributed by atoms with van der Waals surface area (Å²) in [4.78, 5) is 0. The maximum Gasteiger partial charge on any atom is 0.0124 e. The minimum absolute atomic E-state index is 0.462. The van der Waals surface area contributed by atoms with Crippen molar-refractivity contribution < 1.29 is 0 Å². The molecule has 0 unspecified atom stereocenters. The minimum atomic E-state index is 0.462. The summed E-state index contributed by atoms with van der Waals surface area (Å²) in [5, 5.41) is 0. The topological polar surface area (TPSA) is 0 Å². The summed E-state index contributed by atoms with van der Waals surface area (Å²) < 4.78 is 0. The van der Waals surface area contributed by atoms with Gasteiger partial charge in [0.1, 0.15) is 0 Å². The molecule has 0 amide bonds. The van der Waals surface area contributed by atoms with Crippen LogP contribution in [-0.4, -0.2) is 0 Å². The predicted octanol–water partition coefficient (Wildman–Crippen LogP) is 5.56. The van der Waals surface area contributed by atoms with Crippen molar-refractivity contribution in [1.29, 1.82) is 0 Å². The van der Waals surface area contributed by atoms with Crippen LogP contribution in [0.1, 0.15) is 43.7 Å². The van der Waals surface area contributed by atoms with Crippen LogP contribution in [-0.2, 0) is 0 Å². The molecule has 2 aromatic rings. The van der Waals surface area contributed by atoms with Crippen LogP contribution in [0.4, 0.5) is 0 Å². The molecule has 2 aromatic carbocycles. The highest BCUT2D eigenvalue weighted by atomic mass is 14.2. The Balaban J connectivity index is 2.29. The molecule has 0 spiro atoms. The number of allylic oxidation sites excluding steroid dienone is 2. The molecule has 0 nitrogen and oxygen atoms in total. The zero-order chi connectivity index (χ0) is 13.5. The van der Waals surface area contributed by atoms with Gasteiger partial charge in [-0.2, -0.15) is 0 Å². The van der Waals surface area contributed by atoms with Gasteiger partial charge in [0.05, 0.1) is 0 Å². The molecular formula is C19H22. The SMILES string of the molecule is CC/C(C)=C\CC(c1ccccc1)c1ccccc1. The van der Waals surface area contributed by atoms with Gasteiger partial charge in [-0.15, -0.1) is 0 Å². The van der Waals surface area contributed by atoms with Crippen LogP contribution < -0.4 is 0 Å². The van der Waals surface area contributed by atoms with Gasteiger partial charge >= 0.3 is 0 Å².